The van der Waals surface area contributed by atoms with Crippen LogP contribution in [0.15, 0.2) is 18.2 Å². The average Bonchev–Trinajstić information content (AvgIpc) is 2.89. The maximum absolute atomic E-state index is 11.6. The van der Waals surface area contributed by atoms with Crippen molar-refractivity contribution >= 4 is 11.6 Å². The summed E-state index contributed by atoms with van der Waals surface area (Å²) in [5.74, 6) is -18.8. The van der Waals surface area contributed by atoms with Crippen LogP contribution in [0.4, 0.5) is 5.69 Å². The molecule has 29 heavy (non-hydrogen) atoms. The first-order valence-corrected chi connectivity index (χ1v) is 8.26. The molecule has 0 fully saturated rings. The van der Waals surface area contributed by atoms with Crippen LogP contribution in [0.2, 0.25) is 0 Å². The van der Waals surface area contributed by atoms with Crippen molar-refractivity contribution in [3.05, 3.63) is 29.3 Å². The maximum atomic E-state index is 11.6. The standard InChI is InChI=1S/C16H24N2O11/c1-12(20,21)15(26,27)18(16(28,29)13(2,22)23)7-14(24,25)9-4-3-5-10-8(9)6-11(19)17-10/h3-5,20-29H,6-7H2,1-2H3,(H,17,19). The first kappa shape index (κ1) is 23.5. The molecule has 13 nitrogen and oxygen atoms in total. The molecule has 11 N–H and O–H groups in total. The molecule has 0 unspecified atom stereocenters. The number of nitrogens with zero attached hydrogens (tertiary/aromatic N) is 1. The lowest BCUT2D eigenvalue weighted by Gasteiger charge is -2.50. The molecule has 0 aromatic heterocycles. The summed E-state index contributed by atoms with van der Waals surface area (Å²) in [5.41, 5.74) is -0.0644. The molecule has 1 aliphatic rings. The third-order valence-electron chi connectivity index (χ3n) is 4.62. The minimum atomic E-state index is -4.05. The van der Waals surface area contributed by atoms with Crippen LogP contribution in [0.5, 0.6) is 0 Å². The van der Waals surface area contributed by atoms with Crippen LogP contribution in [-0.2, 0) is 17.0 Å². The molecule has 1 aliphatic heterocycles. The SMILES string of the molecule is CC(O)(O)C(O)(O)N(CC(O)(O)c1cccc2c1CC(=O)N2)C(O)(O)C(C)(O)O. The van der Waals surface area contributed by atoms with Gasteiger partial charge in [-0.05, 0) is 25.5 Å². The molecule has 1 heterocycles. The molecule has 1 aromatic rings. The lowest BCUT2D eigenvalue weighted by Crippen LogP contribution is -2.77. The van der Waals surface area contributed by atoms with Crippen LogP contribution in [-0.4, -0.2) is 91.8 Å². The summed E-state index contributed by atoms with van der Waals surface area (Å²) >= 11 is 0. The molecule has 2 rings (SSSR count). The highest BCUT2D eigenvalue weighted by Crippen LogP contribution is 2.37. The van der Waals surface area contributed by atoms with Crippen molar-refractivity contribution in [2.45, 2.75) is 49.5 Å². The van der Waals surface area contributed by atoms with Crippen LogP contribution < -0.4 is 5.32 Å². The van der Waals surface area contributed by atoms with E-state index in [0.717, 1.165) is 6.07 Å². The van der Waals surface area contributed by atoms with Crippen molar-refractivity contribution in [1.82, 2.24) is 4.90 Å². The van der Waals surface area contributed by atoms with Crippen LogP contribution in [0.3, 0.4) is 0 Å². The predicted octanol–water partition coefficient (Wildman–Crippen LogP) is -4.70. The number of hydrogen-bond donors (Lipinski definition) is 11. The third-order valence-corrected chi connectivity index (χ3v) is 4.62. The van der Waals surface area contributed by atoms with Crippen LogP contribution in [0, 0.1) is 0 Å². The summed E-state index contributed by atoms with van der Waals surface area (Å²) < 4.78 is 0. The minimum Gasteiger partial charge on any atom is -0.361 e. The molecular weight excluding hydrogens is 396 g/mol. The van der Waals surface area contributed by atoms with Crippen LogP contribution in [0.1, 0.15) is 25.0 Å². The summed E-state index contributed by atoms with van der Waals surface area (Å²) in [6, 6.07) is 3.89. The summed E-state index contributed by atoms with van der Waals surface area (Å²) in [6.45, 7) is -0.798. The first-order valence-electron chi connectivity index (χ1n) is 8.26. The van der Waals surface area contributed by atoms with Gasteiger partial charge in [-0.2, -0.15) is 4.90 Å². The van der Waals surface area contributed by atoms with E-state index in [-0.39, 0.29) is 23.2 Å². The lowest BCUT2D eigenvalue weighted by molar-refractivity contribution is -0.507. The van der Waals surface area contributed by atoms with Gasteiger partial charge in [0.2, 0.25) is 23.3 Å². The minimum absolute atomic E-state index is 0.0944. The van der Waals surface area contributed by atoms with Crippen molar-refractivity contribution in [2.75, 3.05) is 11.9 Å². The zero-order valence-electron chi connectivity index (χ0n) is 15.5. The number of benzene rings is 1. The molecule has 0 saturated heterocycles. The van der Waals surface area contributed by atoms with E-state index in [1.165, 1.54) is 12.1 Å². The molecule has 164 valence electrons. The van der Waals surface area contributed by atoms with E-state index in [9.17, 15) is 55.9 Å². The quantitative estimate of drug-likeness (QED) is 0.187. The van der Waals surface area contributed by atoms with E-state index in [1.807, 2.05) is 0 Å². The second-order valence-corrected chi connectivity index (χ2v) is 7.27. The third kappa shape index (κ3) is 4.11. The molecule has 0 saturated carbocycles. The number of rotatable bonds is 7. The maximum Gasteiger partial charge on any atom is 0.285 e. The Morgan fingerprint density at radius 1 is 0.897 bits per heavy atom. The summed E-state index contributed by atoms with van der Waals surface area (Å²) in [5, 5.41) is 102. The normalized spacial score (nSPS) is 16.2. The topological polar surface area (TPSA) is 235 Å². The molecular formula is C16H24N2O11. The number of hydrogen-bond acceptors (Lipinski definition) is 12. The zero-order chi connectivity index (χ0) is 22.6. The van der Waals surface area contributed by atoms with Gasteiger partial charge in [0.15, 0.2) is 0 Å². The highest BCUT2D eigenvalue weighted by Gasteiger charge is 2.63. The number of aliphatic hydroxyl groups is 10. The smallest absolute Gasteiger partial charge is 0.285 e. The Labute approximate surface area is 163 Å². The molecule has 0 atom stereocenters. The second kappa shape index (κ2) is 6.90. The zero-order valence-corrected chi connectivity index (χ0v) is 15.5. The highest BCUT2D eigenvalue weighted by molar-refractivity contribution is 5.99. The Morgan fingerprint density at radius 3 is 1.83 bits per heavy atom. The fraction of sp³-hybridized carbons (Fsp3) is 0.562. The van der Waals surface area contributed by atoms with E-state index in [2.05, 4.69) is 5.32 Å². The number of amides is 1. The molecule has 1 aromatic carbocycles. The Morgan fingerprint density at radius 2 is 1.38 bits per heavy atom. The van der Waals surface area contributed by atoms with E-state index >= 15 is 0 Å². The lowest BCUT2D eigenvalue weighted by atomic mass is 9.95. The number of fused-ring (bicyclic) bond motifs is 1. The molecule has 0 radical (unpaired) electrons. The van der Waals surface area contributed by atoms with Gasteiger partial charge < -0.3 is 56.4 Å². The van der Waals surface area contributed by atoms with Crippen molar-refractivity contribution in [3.8, 4) is 0 Å². The van der Waals surface area contributed by atoms with Gasteiger partial charge >= 0.3 is 0 Å². The summed E-state index contributed by atoms with van der Waals surface area (Å²) in [6.07, 6.45) is -0.281. The van der Waals surface area contributed by atoms with Crippen molar-refractivity contribution < 1.29 is 55.9 Å². The van der Waals surface area contributed by atoms with Gasteiger partial charge in [0.05, 0.1) is 13.0 Å². The molecule has 0 aliphatic carbocycles. The predicted molar refractivity (Wildman–Crippen MR) is 91.6 cm³/mol. The van der Waals surface area contributed by atoms with E-state index < -0.39 is 46.5 Å². The van der Waals surface area contributed by atoms with Crippen LogP contribution in [0.25, 0.3) is 0 Å². The molecule has 0 bridgehead atoms. The molecule has 0 spiro atoms. The highest BCUT2D eigenvalue weighted by atomic mass is 16.7. The molecule has 1 amide bonds. The number of carbonyl (C=O) groups excluding carboxylic acids is 1. The van der Waals surface area contributed by atoms with Crippen molar-refractivity contribution in [3.63, 3.8) is 0 Å². The fourth-order valence-corrected chi connectivity index (χ4v) is 2.88. The number of anilines is 1. The van der Waals surface area contributed by atoms with Gasteiger partial charge in [0.25, 0.3) is 11.8 Å². The van der Waals surface area contributed by atoms with Gasteiger partial charge in [-0.1, -0.05) is 12.1 Å². The van der Waals surface area contributed by atoms with E-state index in [4.69, 9.17) is 0 Å². The first-order chi connectivity index (χ1) is 12.8. The van der Waals surface area contributed by atoms with Gasteiger partial charge in [-0.25, -0.2) is 0 Å². The fourth-order valence-electron chi connectivity index (χ4n) is 2.88. The summed E-state index contributed by atoms with van der Waals surface area (Å²) in [4.78, 5) is 11.1. The van der Waals surface area contributed by atoms with Gasteiger partial charge in [0, 0.05) is 11.3 Å². The Balaban J connectivity index is 2.58. The Kier molecular flexibility index (Phi) is 5.60. The average molecular weight is 420 g/mol. The monoisotopic (exact) mass is 420 g/mol. The summed E-state index contributed by atoms with van der Waals surface area (Å²) in [7, 11) is 0. The van der Waals surface area contributed by atoms with Crippen LogP contribution >= 0.6 is 0 Å². The second-order valence-electron chi connectivity index (χ2n) is 7.27. The Bertz CT molecular complexity index is 767. The van der Waals surface area contributed by atoms with E-state index in [1.54, 1.807) is 0 Å². The van der Waals surface area contributed by atoms with Gasteiger partial charge in [0.1, 0.15) is 0 Å². The number of nitrogens with one attached hydrogen (secondary N) is 1. The van der Waals surface area contributed by atoms with E-state index in [0.29, 0.717) is 13.8 Å². The van der Waals surface area contributed by atoms with Crippen molar-refractivity contribution in [2.24, 2.45) is 0 Å². The molecule has 13 heteroatoms. The Hall–Kier alpha value is -1.75. The van der Waals surface area contributed by atoms with Gasteiger partial charge in [-0.15, -0.1) is 0 Å². The number of carbonyl (C=O) groups is 1. The van der Waals surface area contributed by atoms with Gasteiger partial charge in [-0.3, -0.25) is 4.79 Å². The largest absolute Gasteiger partial charge is 0.361 e. The van der Waals surface area contributed by atoms with Crippen molar-refractivity contribution in [1.29, 1.82) is 0 Å².